The van der Waals surface area contributed by atoms with E-state index in [1.165, 1.54) is 11.3 Å². The molecule has 0 bridgehead atoms. The molecule has 1 amide bonds. The number of benzene rings is 1. The lowest BCUT2D eigenvalue weighted by Crippen LogP contribution is -2.44. The molecule has 1 N–H and O–H groups in total. The smallest absolute Gasteiger partial charge is 0.209 e. The van der Waals surface area contributed by atoms with Crippen molar-refractivity contribution in [2.24, 2.45) is 0 Å². The second kappa shape index (κ2) is 5.68. The SMILES string of the molecule is CN(C=O)Cc1ccccc1N1CCNCC1. The van der Waals surface area contributed by atoms with Gasteiger partial charge in [-0.1, -0.05) is 18.2 Å². The fourth-order valence-corrected chi connectivity index (χ4v) is 2.16. The zero-order valence-corrected chi connectivity index (χ0v) is 10.2. The Morgan fingerprint density at radius 1 is 1.35 bits per heavy atom. The summed E-state index contributed by atoms with van der Waals surface area (Å²) in [6.45, 7) is 4.78. The Hall–Kier alpha value is -1.55. The minimum atomic E-state index is 0.670. The lowest BCUT2D eigenvalue weighted by molar-refractivity contribution is -0.117. The number of rotatable bonds is 4. The molecule has 0 radical (unpaired) electrons. The molecule has 0 saturated carbocycles. The molecule has 1 fully saturated rings. The van der Waals surface area contributed by atoms with Crippen LogP contribution in [0.25, 0.3) is 0 Å². The maximum atomic E-state index is 10.7. The number of nitrogens with one attached hydrogen (secondary N) is 1. The predicted molar refractivity (Wildman–Crippen MR) is 69.1 cm³/mol. The number of hydrogen-bond donors (Lipinski definition) is 1. The van der Waals surface area contributed by atoms with Crippen LogP contribution < -0.4 is 10.2 Å². The zero-order valence-electron chi connectivity index (χ0n) is 10.2. The summed E-state index contributed by atoms with van der Waals surface area (Å²) in [5.74, 6) is 0. The van der Waals surface area contributed by atoms with Crippen LogP contribution in [0.3, 0.4) is 0 Å². The first kappa shape index (κ1) is 11.9. The Labute approximate surface area is 102 Å². The van der Waals surface area contributed by atoms with Crippen LogP contribution in [0, 0.1) is 0 Å². The molecule has 0 atom stereocenters. The topological polar surface area (TPSA) is 35.6 Å². The van der Waals surface area contributed by atoms with Crippen LogP contribution in [0.5, 0.6) is 0 Å². The van der Waals surface area contributed by atoms with Gasteiger partial charge in [-0.05, 0) is 11.6 Å². The average molecular weight is 233 g/mol. The van der Waals surface area contributed by atoms with E-state index in [9.17, 15) is 4.79 Å². The fraction of sp³-hybridized carbons (Fsp3) is 0.462. The third-order valence-corrected chi connectivity index (χ3v) is 3.05. The molecule has 1 heterocycles. The Balaban J connectivity index is 2.17. The lowest BCUT2D eigenvalue weighted by Gasteiger charge is -2.31. The first-order valence-electron chi connectivity index (χ1n) is 6.00. The van der Waals surface area contributed by atoms with Crippen molar-refractivity contribution in [2.45, 2.75) is 6.54 Å². The Morgan fingerprint density at radius 2 is 2.06 bits per heavy atom. The number of amides is 1. The van der Waals surface area contributed by atoms with Crippen LogP contribution in [-0.2, 0) is 11.3 Å². The van der Waals surface area contributed by atoms with Gasteiger partial charge in [-0.25, -0.2) is 0 Å². The van der Waals surface area contributed by atoms with Gasteiger partial charge in [-0.3, -0.25) is 4.79 Å². The Morgan fingerprint density at radius 3 is 2.76 bits per heavy atom. The van der Waals surface area contributed by atoms with E-state index >= 15 is 0 Å². The number of anilines is 1. The summed E-state index contributed by atoms with van der Waals surface area (Å²) in [7, 11) is 1.81. The quantitative estimate of drug-likeness (QED) is 0.777. The van der Waals surface area contributed by atoms with Crippen molar-refractivity contribution in [3.05, 3.63) is 29.8 Å². The van der Waals surface area contributed by atoms with Gasteiger partial charge in [0, 0.05) is 45.5 Å². The third kappa shape index (κ3) is 2.97. The molecule has 1 aliphatic heterocycles. The van der Waals surface area contributed by atoms with Gasteiger partial charge in [0.2, 0.25) is 6.41 Å². The molecule has 2 rings (SSSR count). The number of carbonyl (C=O) groups excluding carboxylic acids is 1. The van der Waals surface area contributed by atoms with E-state index in [4.69, 9.17) is 0 Å². The molecule has 4 nitrogen and oxygen atoms in total. The van der Waals surface area contributed by atoms with E-state index in [0.29, 0.717) is 6.54 Å². The summed E-state index contributed by atoms with van der Waals surface area (Å²) in [6.07, 6.45) is 0.870. The van der Waals surface area contributed by atoms with Gasteiger partial charge in [0.15, 0.2) is 0 Å². The number of carbonyl (C=O) groups is 1. The minimum Gasteiger partial charge on any atom is -0.369 e. The maximum Gasteiger partial charge on any atom is 0.209 e. The van der Waals surface area contributed by atoms with E-state index in [0.717, 1.165) is 32.6 Å². The van der Waals surface area contributed by atoms with E-state index in [2.05, 4.69) is 28.4 Å². The first-order valence-corrected chi connectivity index (χ1v) is 6.00. The van der Waals surface area contributed by atoms with E-state index in [1.54, 1.807) is 4.90 Å². The molecule has 17 heavy (non-hydrogen) atoms. The van der Waals surface area contributed by atoms with Crippen molar-refractivity contribution >= 4 is 12.1 Å². The van der Waals surface area contributed by atoms with E-state index in [1.807, 2.05) is 13.1 Å². The Kier molecular flexibility index (Phi) is 3.98. The van der Waals surface area contributed by atoms with E-state index in [-0.39, 0.29) is 0 Å². The van der Waals surface area contributed by atoms with Crippen molar-refractivity contribution in [3.63, 3.8) is 0 Å². The van der Waals surface area contributed by atoms with Crippen molar-refractivity contribution in [1.82, 2.24) is 10.2 Å². The van der Waals surface area contributed by atoms with Crippen LogP contribution in [0.1, 0.15) is 5.56 Å². The first-order chi connectivity index (χ1) is 8.31. The molecule has 0 aliphatic carbocycles. The second-order valence-corrected chi connectivity index (χ2v) is 4.39. The molecule has 0 unspecified atom stereocenters. The fourth-order valence-electron chi connectivity index (χ4n) is 2.16. The summed E-state index contributed by atoms with van der Waals surface area (Å²) in [6, 6.07) is 8.32. The van der Waals surface area contributed by atoms with Crippen LogP contribution in [0.15, 0.2) is 24.3 Å². The highest BCUT2D eigenvalue weighted by atomic mass is 16.1. The molecule has 1 saturated heterocycles. The molecular formula is C13H19N3O. The molecule has 1 aliphatic rings. The highest BCUT2D eigenvalue weighted by Gasteiger charge is 2.13. The van der Waals surface area contributed by atoms with Crippen LogP contribution in [0.4, 0.5) is 5.69 Å². The number of piperazine rings is 1. The molecule has 0 aromatic heterocycles. The van der Waals surface area contributed by atoms with Gasteiger partial charge in [0.25, 0.3) is 0 Å². The zero-order chi connectivity index (χ0) is 12.1. The normalized spacial score (nSPS) is 15.7. The minimum absolute atomic E-state index is 0.670. The van der Waals surface area contributed by atoms with Gasteiger partial charge in [-0.2, -0.15) is 0 Å². The average Bonchev–Trinajstić information content (AvgIpc) is 2.40. The molecule has 1 aromatic rings. The molecule has 1 aromatic carbocycles. The third-order valence-electron chi connectivity index (χ3n) is 3.05. The van der Waals surface area contributed by atoms with Gasteiger partial charge < -0.3 is 15.1 Å². The van der Waals surface area contributed by atoms with E-state index < -0.39 is 0 Å². The summed E-state index contributed by atoms with van der Waals surface area (Å²) >= 11 is 0. The second-order valence-electron chi connectivity index (χ2n) is 4.39. The van der Waals surface area contributed by atoms with Gasteiger partial charge in [-0.15, -0.1) is 0 Å². The van der Waals surface area contributed by atoms with Gasteiger partial charge in [0.1, 0.15) is 0 Å². The predicted octanol–water partition coefficient (Wildman–Crippen LogP) is 0.684. The summed E-state index contributed by atoms with van der Waals surface area (Å²) in [5.41, 5.74) is 2.46. The van der Waals surface area contributed by atoms with Crippen molar-refractivity contribution in [3.8, 4) is 0 Å². The largest absolute Gasteiger partial charge is 0.369 e. The summed E-state index contributed by atoms with van der Waals surface area (Å²) < 4.78 is 0. The number of hydrogen-bond acceptors (Lipinski definition) is 3. The standard InChI is InChI=1S/C13H19N3O/c1-15(11-17)10-12-4-2-3-5-13(12)16-8-6-14-7-9-16/h2-5,11,14H,6-10H2,1H3. The Bertz CT molecular complexity index is 375. The van der Waals surface area contributed by atoms with Crippen LogP contribution in [0.2, 0.25) is 0 Å². The molecule has 0 spiro atoms. The van der Waals surface area contributed by atoms with Crippen molar-refractivity contribution < 1.29 is 4.79 Å². The number of para-hydroxylation sites is 1. The highest BCUT2D eigenvalue weighted by molar-refractivity contribution is 5.56. The number of nitrogens with zero attached hydrogens (tertiary/aromatic N) is 2. The van der Waals surface area contributed by atoms with Crippen molar-refractivity contribution in [2.75, 3.05) is 38.1 Å². The van der Waals surface area contributed by atoms with Crippen molar-refractivity contribution in [1.29, 1.82) is 0 Å². The summed E-state index contributed by atoms with van der Waals surface area (Å²) in [4.78, 5) is 14.7. The van der Waals surface area contributed by atoms with Gasteiger partial charge >= 0.3 is 0 Å². The lowest BCUT2D eigenvalue weighted by atomic mass is 10.1. The maximum absolute atomic E-state index is 10.7. The van der Waals surface area contributed by atoms with Crippen LogP contribution >= 0.6 is 0 Å². The molecular weight excluding hydrogens is 214 g/mol. The van der Waals surface area contributed by atoms with Gasteiger partial charge in [0.05, 0.1) is 0 Å². The monoisotopic (exact) mass is 233 g/mol. The highest BCUT2D eigenvalue weighted by Crippen LogP contribution is 2.21. The molecule has 4 heteroatoms. The summed E-state index contributed by atoms with van der Waals surface area (Å²) in [5, 5.41) is 3.35. The molecule has 92 valence electrons. The van der Waals surface area contributed by atoms with Crippen LogP contribution in [-0.4, -0.2) is 44.5 Å².